The van der Waals surface area contributed by atoms with Crippen LogP contribution in [0.3, 0.4) is 0 Å². The standard InChI is InChI=1S/C22H22FN5O3/c23-18-6-5-13(12-19-15-3-1-2-4-16(15)20(29)27-26-19)11-17(18)21(30)28-9-7-14(8-10-28)25-22(24)31/h1-6,11,14H,7-10,12H2,(H,27,29)(H3,24,25,31). The van der Waals surface area contributed by atoms with Gasteiger partial charge in [-0.15, -0.1) is 0 Å². The molecule has 9 heteroatoms. The van der Waals surface area contributed by atoms with E-state index in [0.717, 1.165) is 0 Å². The molecule has 31 heavy (non-hydrogen) atoms. The Bertz CT molecular complexity index is 1200. The van der Waals surface area contributed by atoms with Gasteiger partial charge >= 0.3 is 6.03 Å². The predicted molar refractivity (Wildman–Crippen MR) is 113 cm³/mol. The van der Waals surface area contributed by atoms with E-state index >= 15 is 0 Å². The molecule has 4 rings (SSSR count). The number of amides is 3. The van der Waals surface area contributed by atoms with Crippen LogP contribution in [-0.4, -0.2) is 46.2 Å². The highest BCUT2D eigenvalue weighted by Crippen LogP contribution is 2.21. The van der Waals surface area contributed by atoms with Gasteiger partial charge in [0.25, 0.3) is 11.5 Å². The number of hydrogen-bond acceptors (Lipinski definition) is 4. The number of likely N-dealkylation sites (tertiary alicyclic amines) is 1. The van der Waals surface area contributed by atoms with Crippen LogP contribution in [0.4, 0.5) is 9.18 Å². The molecule has 0 radical (unpaired) electrons. The molecule has 2 aromatic carbocycles. The van der Waals surface area contributed by atoms with Gasteiger partial charge in [0.15, 0.2) is 0 Å². The van der Waals surface area contributed by atoms with Crippen LogP contribution in [0.5, 0.6) is 0 Å². The molecule has 3 amide bonds. The third-order valence-corrected chi connectivity index (χ3v) is 5.54. The van der Waals surface area contributed by atoms with Crippen LogP contribution in [0.15, 0.2) is 47.3 Å². The van der Waals surface area contributed by atoms with Gasteiger partial charge in [0.2, 0.25) is 0 Å². The molecule has 2 heterocycles. The lowest BCUT2D eigenvalue weighted by Crippen LogP contribution is -2.48. The third kappa shape index (κ3) is 4.40. The maximum Gasteiger partial charge on any atom is 0.312 e. The number of fused-ring (bicyclic) bond motifs is 1. The van der Waals surface area contributed by atoms with Crippen molar-refractivity contribution in [3.05, 3.63) is 75.5 Å². The first-order valence-electron chi connectivity index (χ1n) is 10.0. The summed E-state index contributed by atoms with van der Waals surface area (Å²) < 4.78 is 14.5. The maximum absolute atomic E-state index is 14.5. The molecule has 0 spiro atoms. The Kier molecular flexibility index (Phi) is 5.66. The number of hydrogen-bond donors (Lipinski definition) is 3. The molecule has 160 valence electrons. The number of aromatic amines is 1. The lowest BCUT2D eigenvalue weighted by molar-refractivity contribution is 0.0704. The molecule has 1 aliphatic heterocycles. The van der Waals surface area contributed by atoms with E-state index in [1.165, 1.54) is 12.1 Å². The quantitative estimate of drug-likeness (QED) is 0.594. The van der Waals surface area contributed by atoms with Crippen LogP contribution < -0.4 is 16.6 Å². The Balaban J connectivity index is 1.54. The Labute approximate surface area is 177 Å². The van der Waals surface area contributed by atoms with E-state index in [4.69, 9.17) is 5.73 Å². The van der Waals surface area contributed by atoms with Gasteiger partial charge < -0.3 is 16.0 Å². The Morgan fingerprint density at radius 2 is 1.87 bits per heavy atom. The molecule has 0 aliphatic carbocycles. The maximum atomic E-state index is 14.5. The van der Waals surface area contributed by atoms with Gasteiger partial charge in [0, 0.05) is 30.9 Å². The zero-order chi connectivity index (χ0) is 22.0. The number of rotatable bonds is 4. The van der Waals surface area contributed by atoms with Gasteiger partial charge in [-0.05, 0) is 36.6 Å². The Hall–Kier alpha value is -3.75. The number of nitrogens with one attached hydrogen (secondary N) is 2. The van der Waals surface area contributed by atoms with Gasteiger partial charge in [-0.3, -0.25) is 9.59 Å². The number of carbonyl (C=O) groups is 2. The first-order chi connectivity index (χ1) is 14.9. The highest BCUT2D eigenvalue weighted by atomic mass is 19.1. The number of piperidine rings is 1. The summed E-state index contributed by atoms with van der Waals surface area (Å²) in [5, 5.41) is 10.5. The summed E-state index contributed by atoms with van der Waals surface area (Å²) in [4.78, 5) is 37.5. The van der Waals surface area contributed by atoms with Crippen molar-refractivity contribution >= 4 is 22.7 Å². The van der Waals surface area contributed by atoms with Crippen molar-refractivity contribution in [1.29, 1.82) is 0 Å². The fourth-order valence-corrected chi connectivity index (χ4v) is 3.94. The highest BCUT2D eigenvalue weighted by molar-refractivity contribution is 5.95. The van der Waals surface area contributed by atoms with Gasteiger partial charge in [0.1, 0.15) is 5.82 Å². The number of primary amides is 1. The number of carbonyl (C=O) groups excluding carboxylic acids is 2. The van der Waals surface area contributed by atoms with E-state index in [0.29, 0.717) is 54.4 Å². The SMILES string of the molecule is NC(=O)NC1CCN(C(=O)c2cc(Cc3n[nH]c(=O)c4ccccc34)ccc2F)CC1. The average Bonchev–Trinajstić information content (AvgIpc) is 2.77. The second-order valence-corrected chi connectivity index (χ2v) is 7.61. The summed E-state index contributed by atoms with van der Waals surface area (Å²) in [6, 6.07) is 10.9. The number of nitrogens with two attached hydrogens (primary N) is 1. The number of benzene rings is 2. The van der Waals surface area contributed by atoms with Crippen LogP contribution in [0.1, 0.15) is 34.5 Å². The summed E-state index contributed by atoms with van der Waals surface area (Å²) >= 11 is 0. The summed E-state index contributed by atoms with van der Waals surface area (Å²) in [6.07, 6.45) is 1.45. The Morgan fingerprint density at radius 3 is 2.58 bits per heavy atom. The van der Waals surface area contributed by atoms with Crippen molar-refractivity contribution in [3.8, 4) is 0 Å². The number of nitrogens with zero attached hydrogens (tertiary/aromatic N) is 2. The molecule has 0 unspecified atom stereocenters. The molecule has 4 N–H and O–H groups in total. The average molecular weight is 423 g/mol. The van der Waals surface area contributed by atoms with Gasteiger partial charge in [-0.25, -0.2) is 14.3 Å². The minimum absolute atomic E-state index is 0.00691. The minimum atomic E-state index is -0.592. The molecule has 1 aliphatic rings. The number of H-pyrrole nitrogens is 1. The van der Waals surface area contributed by atoms with Crippen LogP contribution in [-0.2, 0) is 6.42 Å². The largest absolute Gasteiger partial charge is 0.352 e. The zero-order valence-electron chi connectivity index (χ0n) is 16.7. The molecule has 1 aromatic heterocycles. The first kappa shape index (κ1) is 20.5. The Morgan fingerprint density at radius 1 is 1.16 bits per heavy atom. The molecule has 0 bridgehead atoms. The van der Waals surface area contributed by atoms with Crippen molar-refractivity contribution < 1.29 is 14.0 Å². The molecule has 0 atom stereocenters. The highest BCUT2D eigenvalue weighted by Gasteiger charge is 2.26. The first-order valence-corrected chi connectivity index (χ1v) is 10.0. The van der Waals surface area contributed by atoms with Crippen molar-refractivity contribution in [2.45, 2.75) is 25.3 Å². The fourth-order valence-electron chi connectivity index (χ4n) is 3.94. The van der Waals surface area contributed by atoms with E-state index in [9.17, 15) is 18.8 Å². The molecule has 1 saturated heterocycles. The molecule has 3 aromatic rings. The number of halogens is 1. The van der Waals surface area contributed by atoms with E-state index in [2.05, 4.69) is 15.5 Å². The van der Waals surface area contributed by atoms with Gasteiger partial charge in [-0.1, -0.05) is 24.3 Å². The van der Waals surface area contributed by atoms with Crippen LogP contribution in [0, 0.1) is 5.82 Å². The summed E-state index contributed by atoms with van der Waals surface area (Å²) in [7, 11) is 0. The number of urea groups is 1. The van der Waals surface area contributed by atoms with Crippen molar-refractivity contribution in [1.82, 2.24) is 20.4 Å². The fraction of sp³-hybridized carbons (Fsp3) is 0.273. The molecular weight excluding hydrogens is 401 g/mol. The number of aromatic nitrogens is 2. The van der Waals surface area contributed by atoms with Crippen molar-refractivity contribution in [3.63, 3.8) is 0 Å². The zero-order valence-corrected chi connectivity index (χ0v) is 16.7. The third-order valence-electron chi connectivity index (χ3n) is 5.54. The van der Waals surface area contributed by atoms with E-state index < -0.39 is 17.8 Å². The lowest BCUT2D eigenvalue weighted by atomic mass is 10.0. The summed E-state index contributed by atoms with van der Waals surface area (Å²) in [6.45, 7) is 0.805. The summed E-state index contributed by atoms with van der Waals surface area (Å²) in [5.41, 5.74) is 6.21. The molecule has 1 fully saturated rings. The normalized spacial score (nSPS) is 14.5. The van der Waals surface area contributed by atoms with Crippen molar-refractivity contribution in [2.24, 2.45) is 5.73 Å². The van der Waals surface area contributed by atoms with E-state index in [1.807, 2.05) is 12.1 Å². The lowest BCUT2D eigenvalue weighted by Gasteiger charge is -2.32. The summed E-state index contributed by atoms with van der Waals surface area (Å²) in [5.74, 6) is -0.985. The van der Waals surface area contributed by atoms with E-state index in [-0.39, 0.29) is 17.2 Å². The van der Waals surface area contributed by atoms with Crippen molar-refractivity contribution in [2.75, 3.05) is 13.1 Å². The van der Waals surface area contributed by atoms with Crippen LogP contribution in [0.2, 0.25) is 0 Å². The molecule has 0 saturated carbocycles. The predicted octanol–water partition coefficient (Wildman–Crippen LogP) is 1.93. The van der Waals surface area contributed by atoms with Crippen LogP contribution in [0.25, 0.3) is 10.8 Å². The topological polar surface area (TPSA) is 121 Å². The monoisotopic (exact) mass is 423 g/mol. The van der Waals surface area contributed by atoms with Gasteiger partial charge in [-0.2, -0.15) is 5.10 Å². The minimum Gasteiger partial charge on any atom is -0.352 e. The van der Waals surface area contributed by atoms with Gasteiger partial charge in [0.05, 0.1) is 16.6 Å². The van der Waals surface area contributed by atoms with Crippen LogP contribution >= 0.6 is 0 Å². The smallest absolute Gasteiger partial charge is 0.312 e. The molecule has 8 nitrogen and oxygen atoms in total. The van der Waals surface area contributed by atoms with E-state index in [1.54, 1.807) is 23.1 Å². The molecular formula is C22H22FN5O3. The second kappa shape index (κ2) is 8.55. The second-order valence-electron chi connectivity index (χ2n) is 7.61.